The first-order valence-electron chi connectivity index (χ1n) is 11.7. The fraction of sp³-hybridized carbons (Fsp3) is 0.333. The Bertz CT molecular complexity index is 1250. The molecule has 0 N–H and O–H groups in total. The number of hydrogen-bond acceptors (Lipinski definition) is 5. The number of carbonyl (C=O) groups is 4. The minimum atomic E-state index is -0.664. The van der Waals surface area contributed by atoms with E-state index in [2.05, 4.69) is 12.2 Å². The molecule has 6 atom stereocenters. The zero-order valence-corrected chi connectivity index (χ0v) is 19.7. The molecule has 7 rings (SSSR count). The summed E-state index contributed by atoms with van der Waals surface area (Å²) in [6.45, 7) is -0.469. The van der Waals surface area contributed by atoms with Gasteiger partial charge in [-0.3, -0.25) is 19.2 Å². The Hall–Kier alpha value is -3.45. The number of halogens is 1. The molecule has 2 aromatic rings. The van der Waals surface area contributed by atoms with Gasteiger partial charge in [-0.25, -0.2) is 5.01 Å². The van der Waals surface area contributed by atoms with Crippen LogP contribution in [0.4, 0.5) is 0 Å². The van der Waals surface area contributed by atoms with Crippen LogP contribution in [0, 0.1) is 35.5 Å². The third kappa shape index (κ3) is 3.32. The van der Waals surface area contributed by atoms with E-state index in [4.69, 9.17) is 16.3 Å². The Morgan fingerprint density at radius 2 is 1.57 bits per heavy atom. The zero-order valence-electron chi connectivity index (χ0n) is 19.0. The number of methoxy groups -OCH3 is 1. The van der Waals surface area contributed by atoms with Gasteiger partial charge in [-0.15, -0.1) is 0 Å². The molecule has 35 heavy (non-hydrogen) atoms. The minimum absolute atomic E-state index is 0.00556. The Balaban J connectivity index is 1.36. The Labute approximate surface area is 207 Å². The van der Waals surface area contributed by atoms with Gasteiger partial charge in [-0.2, -0.15) is 5.01 Å². The van der Waals surface area contributed by atoms with Crippen molar-refractivity contribution in [1.82, 2.24) is 10.0 Å². The number of imide groups is 1. The van der Waals surface area contributed by atoms with E-state index in [1.165, 1.54) is 13.2 Å². The van der Waals surface area contributed by atoms with Crippen LogP contribution in [0.5, 0.6) is 5.75 Å². The van der Waals surface area contributed by atoms with Gasteiger partial charge in [0.05, 0.1) is 29.5 Å². The molecule has 0 aromatic heterocycles. The fourth-order valence-electron chi connectivity index (χ4n) is 6.19. The van der Waals surface area contributed by atoms with Gasteiger partial charge < -0.3 is 4.74 Å². The van der Waals surface area contributed by atoms with Gasteiger partial charge >= 0.3 is 0 Å². The van der Waals surface area contributed by atoms with Crippen molar-refractivity contribution in [3.63, 3.8) is 0 Å². The van der Waals surface area contributed by atoms with Gasteiger partial charge in [0, 0.05) is 5.56 Å². The monoisotopic (exact) mass is 490 g/mol. The van der Waals surface area contributed by atoms with Crippen LogP contribution >= 0.6 is 11.6 Å². The van der Waals surface area contributed by atoms with Crippen molar-refractivity contribution >= 4 is 35.1 Å². The lowest BCUT2D eigenvalue weighted by atomic mass is 9.63. The number of nitrogens with zero attached hydrogens (tertiary/aromatic N) is 2. The lowest BCUT2D eigenvalue weighted by molar-refractivity contribution is -0.154. The van der Waals surface area contributed by atoms with Crippen molar-refractivity contribution in [2.75, 3.05) is 13.7 Å². The molecule has 3 amide bonds. The molecule has 7 nitrogen and oxygen atoms in total. The van der Waals surface area contributed by atoms with Crippen molar-refractivity contribution in [2.24, 2.45) is 35.5 Å². The molecule has 0 spiro atoms. The number of rotatable bonds is 6. The number of amides is 3. The van der Waals surface area contributed by atoms with E-state index in [9.17, 15) is 19.2 Å². The maximum absolute atomic E-state index is 13.7. The van der Waals surface area contributed by atoms with Gasteiger partial charge in [-0.1, -0.05) is 35.9 Å². The maximum Gasteiger partial charge on any atom is 0.274 e. The summed E-state index contributed by atoms with van der Waals surface area (Å²) in [5, 5.41) is 2.10. The highest BCUT2D eigenvalue weighted by atomic mass is 35.5. The van der Waals surface area contributed by atoms with Crippen LogP contribution in [-0.2, 0) is 9.59 Å². The minimum Gasteiger partial charge on any atom is -0.497 e. The molecular formula is C27H23ClN2O5. The van der Waals surface area contributed by atoms with Gasteiger partial charge in [0.2, 0.25) is 0 Å². The summed E-state index contributed by atoms with van der Waals surface area (Å²) < 4.78 is 5.15. The SMILES string of the molecule is COc1ccc(C(=O)CN(C(=O)c2ccccc2Cl)N2C(=O)[C@@H]3[C@H]4C=C[C@@H]([C@@H]5C[C@H]45)[C@H]3C2=O)cc1. The second-order valence-corrected chi connectivity index (χ2v) is 10.0. The standard InChI is InChI=1S/C27H23ClN2O5/c1-35-15-8-6-14(7-9-15)22(31)13-29(25(32)18-4-2-3-5-21(18)28)30-26(33)23-16-10-11-17(20-12-19(16)20)24(23)27(30)34/h2-11,16-17,19-20,23-24H,12-13H2,1H3/t16-,17-,19-,20+,23+,24+/m0/s1. The highest BCUT2D eigenvalue weighted by molar-refractivity contribution is 6.34. The van der Waals surface area contributed by atoms with Crippen LogP contribution in [0.2, 0.25) is 5.02 Å². The molecule has 3 fully saturated rings. The van der Waals surface area contributed by atoms with Gasteiger partial charge in [0.15, 0.2) is 5.78 Å². The second-order valence-electron chi connectivity index (χ2n) is 9.64. The van der Waals surface area contributed by atoms with Crippen molar-refractivity contribution in [3.8, 4) is 5.75 Å². The molecule has 2 saturated carbocycles. The molecule has 2 bridgehead atoms. The molecule has 178 valence electrons. The summed E-state index contributed by atoms with van der Waals surface area (Å²) in [6.07, 6.45) is 5.17. The predicted molar refractivity (Wildman–Crippen MR) is 126 cm³/mol. The van der Waals surface area contributed by atoms with Crippen LogP contribution in [0.15, 0.2) is 60.7 Å². The molecule has 1 heterocycles. The topological polar surface area (TPSA) is 84.0 Å². The Morgan fingerprint density at radius 1 is 0.971 bits per heavy atom. The normalized spacial score (nSPS) is 29.6. The summed E-state index contributed by atoms with van der Waals surface area (Å²) in [5.41, 5.74) is 0.457. The first-order chi connectivity index (χ1) is 16.9. The van der Waals surface area contributed by atoms with Crippen LogP contribution in [-0.4, -0.2) is 47.2 Å². The van der Waals surface area contributed by atoms with Crippen molar-refractivity contribution in [1.29, 1.82) is 0 Å². The average molecular weight is 491 g/mol. The molecule has 1 aliphatic heterocycles. The summed E-state index contributed by atoms with van der Waals surface area (Å²) >= 11 is 6.29. The lowest BCUT2D eigenvalue weighted by Gasteiger charge is -2.37. The summed E-state index contributed by atoms with van der Waals surface area (Å²) in [5.74, 6) is -1.42. The van der Waals surface area contributed by atoms with Crippen molar-refractivity contribution in [2.45, 2.75) is 6.42 Å². The molecule has 1 saturated heterocycles. The first-order valence-corrected chi connectivity index (χ1v) is 12.1. The first kappa shape index (κ1) is 22.0. The van der Waals surface area contributed by atoms with E-state index in [-0.39, 0.29) is 22.4 Å². The van der Waals surface area contributed by atoms with Crippen LogP contribution in [0.1, 0.15) is 27.1 Å². The van der Waals surface area contributed by atoms with E-state index >= 15 is 0 Å². The fourth-order valence-corrected chi connectivity index (χ4v) is 6.41. The summed E-state index contributed by atoms with van der Waals surface area (Å²) in [4.78, 5) is 54.3. The quantitative estimate of drug-likeness (QED) is 0.350. The number of benzene rings is 2. The zero-order chi connectivity index (χ0) is 24.4. The number of Topliss-reactive ketones (excluding diaryl/α,β-unsaturated/α-hetero) is 1. The largest absolute Gasteiger partial charge is 0.497 e. The van der Waals surface area contributed by atoms with Crippen LogP contribution in [0.25, 0.3) is 0 Å². The molecular weight excluding hydrogens is 468 g/mol. The van der Waals surface area contributed by atoms with E-state index in [1.54, 1.807) is 42.5 Å². The number of carbonyl (C=O) groups excluding carboxylic acids is 4. The number of ketones is 1. The van der Waals surface area contributed by atoms with Crippen LogP contribution in [0.3, 0.4) is 0 Å². The number of ether oxygens (including phenoxy) is 1. The van der Waals surface area contributed by atoms with Crippen molar-refractivity contribution < 1.29 is 23.9 Å². The molecule has 0 unspecified atom stereocenters. The van der Waals surface area contributed by atoms with Crippen molar-refractivity contribution in [3.05, 3.63) is 76.8 Å². The van der Waals surface area contributed by atoms with E-state index in [0.29, 0.717) is 23.1 Å². The highest BCUT2D eigenvalue weighted by Gasteiger charge is 2.68. The second kappa shape index (κ2) is 8.05. The predicted octanol–water partition coefficient (Wildman–Crippen LogP) is 3.64. The molecule has 2 aromatic carbocycles. The third-order valence-corrected chi connectivity index (χ3v) is 8.25. The number of hydrogen-bond donors (Lipinski definition) is 0. The number of hydrazine groups is 1. The van der Waals surface area contributed by atoms with E-state index in [1.807, 2.05) is 0 Å². The highest BCUT2D eigenvalue weighted by Crippen LogP contribution is 2.65. The molecule has 8 heteroatoms. The maximum atomic E-state index is 13.7. The molecule has 5 aliphatic rings. The summed E-state index contributed by atoms with van der Waals surface area (Å²) in [6, 6.07) is 12.9. The van der Waals surface area contributed by atoms with E-state index < -0.39 is 41.9 Å². The van der Waals surface area contributed by atoms with Gasteiger partial charge in [0.25, 0.3) is 17.7 Å². The Kier molecular flexibility index (Phi) is 5.07. The average Bonchev–Trinajstić information content (AvgIpc) is 3.66. The van der Waals surface area contributed by atoms with Crippen LogP contribution < -0.4 is 4.74 Å². The molecule has 0 radical (unpaired) electrons. The lowest BCUT2D eigenvalue weighted by Crippen LogP contribution is -2.52. The van der Waals surface area contributed by atoms with Gasteiger partial charge in [-0.05, 0) is 66.5 Å². The number of allylic oxidation sites excluding steroid dienone is 2. The van der Waals surface area contributed by atoms with E-state index in [0.717, 1.165) is 16.4 Å². The van der Waals surface area contributed by atoms with Gasteiger partial charge in [0.1, 0.15) is 12.3 Å². The third-order valence-electron chi connectivity index (χ3n) is 7.93. The molecule has 4 aliphatic carbocycles. The smallest absolute Gasteiger partial charge is 0.274 e. The summed E-state index contributed by atoms with van der Waals surface area (Å²) in [7, 11) is 1.52. The Morgan fingerprint density at radius 3 is 2.14 bits per heavy atom.